The molecule has 0 fully saturated rings. The lowest BCUT2D eigenvalue weighted by Gasteiger charge is -1.96. The van der Waals surface area contributed by atoms with Crippen LogP contribution in [0.2, 0.25) is 0 Å². The van der Waals surface area contributed by atoms with Gasteiger partial charge in [-0.3, -0.25) is 4.99 Å². The molecule has 0 bridgehead atoms. The molecule has 3 N–H and O–H groups in total. The van der Waals surface area contributed by atoms with Crippen LogP contribution in [-0.2, 0) is 6.42 Å². The van der Waals surface area contributed by atoms with Gasteiger partial charge in [-0.1, -0.05) is 19.1 Å². The van der Waals surface area contributed by atoms with Crippen LogP contribution in [-0.4, -0.2) is 22.3 Å². The van der Waals surface area contributed by atoms with Crippen LogP contribution < -0.4 is 5.73 Å². The zero-order valence-electron chi connectivity index (χ0n) is 9.40. The largest absolute Gasteiger partial charge is 0.387 e. The Kier molecular flexibility index (Phi) is 3.19. The molecule has 84 valence electrons. The molecule has 16 heavy (non-hydrogen) atoms. The monoisotopic (exact) mass is 216 g/mol. The van der Waals surface area contributed by atoms with Crippen LogP contribution in [0.25, 0.3) is 11.0 Å². The van der Waals surface area contributed by atoms with Crippen LogP contribution in [0.5, 0.6) is 0 Å². The number of imidazole rings is 1. The number of benzene rings is 1. The Morgan fingerprint density at radius 3 is 3.00 bits per heavy atom. The second-order valence-corrected chi connectivity index (χ2v) is 3.75. The van der Waals surface area contributed by atoms with E-state index in [-0.39, 0.29) is 0 Å². The summed E-state index contributed by atoms with van der Waals surface area (Å²) in [6.45, 7) is 2.87. The third kappa shape index (κ3) is 2.39. The van der Waals surface area contributed by atoms with Crippen molar-refractivity contribution in [1.82, 2.24) is 9.97 Å². The van der Waals surface area contributed by atoms with Gasteiger partial charge in [0.05, 0.1) is 17.5 Å². The summed E-state index contributed by atoms with van der Waals surface area (Å²) in [7, 11) is 0. The van der Waals surface area contributed by atoms with Gasteiger partial charge < -0.3 is 10.7 Å². The first-order valence-electron chi connectivity index (χ1n) is 5.52. The van der Waals surface area contributed by atoms with E-state index in [2.05, 4.69) is 21.9 Å². The van der Waals surface area contributed by atoms with E-state index in [4.69, 9.17) is 5.73 Å². The van der Waals surface area contributed by atoms with Gasteiger partial charge in [-0.25, -0.2) is 4.98 Å². The molecule has 2 aromatic rings. The maximum Gasteiger partial charge on any atom is 0.114 e. The maximum absolute atomic E-state index is 5.80. The average Bonchev–Trinajstić information content (AvgIpc) is 2.68. The molecule has 0 spiro atoms. The Hall–Kier alpha value is -1.84. The molecule has 0 atom stereocenters. The number of nitrogens with one attached hydrogen (secondary N) is 1. The van der Waals surface area contributed by atoms with E-state index >= 15 is 0 Å². The van der Waals surface area contributed by atoms with E-state index < -0.39 is 0 Å². The third-order valence-electron chi connectivity index (χ3n) is 2.33. The minimum absolute atomic E-state index is 0.592. The predicted octanol–water partition coefficient (Wildman–Crippen LogP) is 1.87. The van der Waals surface area contributed by atoms with Gasteiger partial charge in [-0.15, -0.1) is 0 Å². The van der Waals surface area contributed by atoms with Gasteiger partial charge in [-0.2, -0.15) is 0 Å². The molecule has 0 aliphatic carbocycles. The molecule has 4 heteroatoms. The SMILES string of the molecule is CCCN=C(N)Cc1nc2ccccc2[nH]1. The van der Waals surface area contributed by atoms with E-state index in [0.717, 1.165) is 29.8 Å². The van der Waals surface area contributed by atoms with Crippen molar-refractivity contribution >= 4 is 16.9 Å². The summed E-state index contributed by atoms with van der Waals surface area (Å²) in [6, 6.07) is 7.94. The van der Waals surface area contributed by atoms with Crippen LogP contribution in [0.3, 0.4) is 0 Å². The first-order chi connectivity index (χ1) is 7.79. The minimum Gasteiger partial charge on any atom is -0.387 e. The number of nitrogens with zero attached hydrogens (tertiary/aromatic N) is 2. The molecule has 2 rings (SSSR count). The first kappa shape index (κ1) is 10.7. The van der Waals surface area contributed by atoms with Gasteiger partial charge in [0.25, 0.3) is 0 Å². The van der Waals surface area contributed by atoms with Crippen molar-refractivity contribution in [3.63, 3.8) is 0 Å². The summed E-state index contributed by atoms with van der Waals surface area (Å²) < 4.78 is 0. The third-order valence-corrected chi connectivity index (χ3v) is 2.33. The number of fused-ring (bicyclic) bond motifs is 1. The number of nitrogens with two attached hydrogens (primary N) is 1. The number of aromatic nitrogens is 2. The first-order valence-corrected chi connectivity index (χ1v) is 5.52. The molecule has 1 heterocycles. The molecule has 0 amide bonds. The summed E-state index contributed by atoms with van der Waals surface area (Å²) >= 11 is 0. The number of hydrogen-bond donors (Lipinski definition) is 2. The van der Waals surface area contributed by atoms with E-state index in [0.29, 0.717) is 12.3 Å². The molecule has 0 aliphatic heterocycles. The van der Waals surface area contributed by atoms with Crippen molar-refractivity contribution in [1.29, 1.82) is 0 Å². The zero-order chi connectivity index (χ0) is 11.4. The van der Waals surface area contributed by atoms with Gasteiger partial charge in [0.1, 0.15) is 11.7 Å². The topological polar surface area (TPSA) is 67.1 Å². The molecule has 0 aliphatic rings. The van der Waals surface area contributed by atoms with E-state index in [1.54, 1.807) is 0 Å². The Labute approximate surface area is 94.6 Å². The van der Waals surface area contributed by atoms with Crippen molar-refractivity contribution < 1.29 is 0 Å². The number of aliphatic imine (C=N–C) groups is 1. The lowest BCUT2D eigenvalue weighted by atomic mass is 10.3. The lowest BCUT2D eigenvalue weighted by molar-refractivity contribution is 0.920. The molecule has 0 radical (unpaired) electrons. The highest BCUT2D eigenvalue weighted by atomic mass is 14.9. The maximum atomic E-state index is 5.80. The number of rotatable bonds is 4. The minimum atomic E-state index is 0.592. The van der Waals surface area contributed by atoms with Gasteiger partial charge >= 0.3 is 0 Å². The van der Waals surface area contributed by atoms with Crippen LogP contribution in [0, 0.1) is 0 Å². The Bertz CT molecular complexity index is 465. The van der Waals surface area contributed by atoms with Crippen LogP contribution >= 0.6 is 0 Å². The smallest absolute Gasteiger partial charge is 0.114 e. The summed E-state index contributed by atoms with van der Waals surface area (Å²) in [5, 5.41) is 0. The quantitative estimate of drug-likeness (QED) is 0.605. The highest BCUT2D eigenvalue weighted by Gasteiger charge is 2.03. The van der Waals surface area contributed by atoms with Crippen molar-refractivity contribution in [2.75, 3.05) is 6.54 Å². The fourth-order valence-corrected chi connectivity index (χ4v) is 1.57. The number of aromatic amines is 1. The van der Waals surface area contributed by atoms with Crippen molar-refractivity contribution in [2.45, 2.75) is 19.8 Å². The van der Waals surface area contributed by atoms with Gasteiger partial charge in [0.15, 0.2) is 0 Å². The number of para-hydroxylation sites is 2. The molecular formula is C12H16N4. The molecule has 4 nitrogen and oxygen atoms in total. The summed E-state index contributed by atoms with van der Waals surface area (Å²) in [5.41, 5.74) is 7.82. The summed E-state index contributed by atoms with van der Waals surface area (Å²) in [6.07, 6.45) is 1.61. The standard InChI is InChI=1S/C12H16N4/c1-2-7-14-11(13)8-12-15-9-5-3-4-6-10(9)16-12/h3-6H,2,7-8H2,1H3,(H2,13,14)(H,15,16). The number of hydrogen-bond acceptors (Lipinski definition) is 2. The van der Waals surface area contributed by atoms with E-state index in [9.17, 15) is 0 Å². The molecule has 1 aromatic heterocycles. The van der Waals surface area contributed by atoms with Crippen molar-refractivity contribution in [3.8, 4) is 0 Å². The summed E-state index contributed by atoms with van der Waals surface area (Å²) in [5.74, 6) is 1.51. The highest BCUT2D eigenvalue weighted by Crippen LogP contribution is 2.10. The summed E-state index contributed by atoms with van der Waals surface area (Å²) in [4.78, 5) is 11.9. The lowest BCUT2D eigenvalue weighted by Crippen LogP contribution is -2.16. The number of H-pyrrole nitrogens is 1. The Balaban J connectivity index is 2.15. The molecular weight excluding hydrogens is 200 g/mol. The zero-order valence-corrected chi connectivity index (χ0v) is 9.40. The molecule has 1 aromatic carbocycles. The highest BCUT2D eigenvalue weighted by molar-refractivity contribution is 5.83. The molecule has 0 saturated carbocycles. The second-order valence-electron chi connectivity index (χ2n) is 3.75. The Morgan fingerprint density at radius 2 is 2.25 bits per heavy atom. The fraction of sp³-hybridized carbons (Fsp3) is 0.333. The van der Waals surface area contributed by atoms with E-state index in [1.165, 1.54) is 0 Å². The normalized spacial score (nSPS) is 12.2. The van der Waals surface area contributed by atoms with Crippen molar-refractivity contribution in [2.24, 2.45) is 10.7 Å². The van der Waals surface area contributed by atoms with Gasteiger partial charge in [0.2, 0.25) is 0 Å². The molecule has 0 saturated heterocycles. The predicted molar refractivity (Wildman–Crippen MR) is 66.6 cm³/mol. The van der Waals surface area contributed by atoms with Crippen LogP contribution in [0.15, 0.2) is 29.3 Å². The average molecular weight is 216 g/mol. The fourth-order valence-electron chi connectivity index (χ4n) is 1.57. The second kappa shape index (κ2) is 4.79. The Morgan fingerprint density at radius 1 is 1.44 bits per heavy atom. The number of amidine groups is 1. The van der Waals surface area contributed by atoms with E-state index in [1.807, 2.05) is 24.3 Å². The molecule has 0 unspecified atom stereocenters. The van der Waals surface area contributed by atoms with Gasteiger partial charge in [0, 0.05) is 6.54 Å². The van der Waals surface area contributed by atoms with Gasteiger partial charge in [-0.05, 0) is 18.6 Å². The van der Waals surface area contributed by atoms with Crippen LogP contribution in [0.1, 0.15) is 19.2 Å². The van der Waals surface area contributed by atoms with Crippen LogP contribution in [0.4, 0.5) is 0 Å². The van der Waals surface area contributed by atoms with Crippen molar-refractivity contribution in [3.05, 3.63) is 30.1 Å².